The van der Waals surface area contributed by atoms with Crippen molar-refractivity contribution in [1.82, 2.24) is 24.5 Å². The number of hydrogen-bond acceptors (Lipinski definition) is 7. The molecular formula is C19H19N7O2. The van der Waals surface area contributed by atoms with Gasteiger partial charge in [0.05, 0.1) is 5.56 Å². The summed E-state index contributed by atoms with van der Waals surface area (Å²) in [4.78, 5) is 25.0. The molecule has 0 saturated carbocycles. The molecule has 2 aromatic heterocycles. The van der Waals surface area contributed by atoms with E-state index in [-0.39, 0.29) is 12.5 Å². The number of piperazine rings is 1. The van der Waals surface area contributed by atoms with Gasteiger partial charge in [-0.05, 0) is 19.1 Å². The number of carbonyl (C=O) groups is 1. The van der Waals surface area contributed by atoms with Crippen molar-refractivity contribution in [3.05, 3.63) is 47.9 Å². The summed E-state index contributed by atoms with van der Waals surface area (Å²) in [5.74, 6) is 1.83. The molecule has 1 amide bonds. The number of rotatable bonds is 4. The molecule has 3 heterocycles. The highest BCUT2D eigenvalue weighted by Crippen LogP contribution is 2.19. The third-order valence-corrected chi connectivity index (χ3v) is 4.68. The fourth-order valence-electron chi connectivity index (χ4n) is 3.24. The quantitative estimate of drug-likeness (QED) is 0.669. The first-order valence-electron chi connectivity index (χ1n) is 8.98. The minimum atomic E-state index is -0.0933. The molecule has 3 aromatic rings. The van der Waals surface area contributed by atoms with Gasteiger partial charge in [0.1, 0.15) is 24.0 Å². The van der Waals surface area contributed by atoms with Gasteiger partial charge in [0.2, 0.25) is 0 Å². The number of aromatic nitrogens is 4. The molecule has 0 aliphatic carbocycles. The van der Waals surface area contributed by atoms with Gasteiger partial charge in [-0.1, -0.05) is 12.1 Å². The summed E-state index contributed by atoms with van der Waals surface area (Å²) in [6.07, 6.45) is 1.49. The van der Waals surface area contributed by atoms with Gasteiger partial charge in [-0.3, -0.25) is 4.79 Å². The van der Waals surface area contributed by atoms with E-state index in [0.717, 1.165) is 11.5 Å². The predicted octanol–water partition coefficient (Wildman–Crippen LogP) is 1.03. The molecule has 0 spiro atoms. The minimum Gasteiger partial charge on any atom is -0.482 e. The van der Waals surface area contributed by atoms with E-state index in [1.54, 1.807) is 33.7 Å². The highest BCUT2D eigenvalue weighted by atomic mass is 16.5. The molecule has 9 heteroatoms. The number of para-hydroxylation sites is 1. The second-order valence-corrected chi connectivity index (χ2v) is 6.49. The Balaban J connectivity index is 1.38. The normalized spacial score (nSPS) is 14.1. The summed E-state index contributed by atoms with van der Waals surface area (Å²) in [5, 5.41) is 13.3. The third-order valence-electron chi connectivity index (χ3n) is 4.68. The molecular weight excluding hydrogens is 358 g/mol. The Morgan fingerprint density at radius 2 is 2.04 bits per heavy atom. The molecule has 1 aliphatic rings. The zero-order valence-electron chi connectivity index (χ0n) is 15.4. The lowest BCUT2D eigenvalue weighted by Crippen LogP contribution is -2.50. The highest BCUT2D eigenvalue weighted by Gasteiger charge is 2.23. The van der Waals surface area contributed by atoms with Crippen molar-refractivity contribution >= 4 is 17.5 Å². The molecule has 4 rings (SSSR count). The maximum absolute atomic E-state index is 12.5. The standard InChI is InChI=1S/C19H19N7O2/c1-14-10-17(26-19(23-14)21-13-22-26)24-6-8-25(9-7-24)18(27)12-28-16-5-3-2-4-15(16)11-20/h2-5,10,13H,6-9,12H2,1H3. The molecule has 9 nitrogen and oxygen atoms in total. The van der Waals surface area contributed by atoms with E-state index in [1.165, 1.54) is 6.33 Å². The van der Waals surface area contributed by atoms with Gasteiger partial charge in [-0.2, -0.15) is 19.9 Å². The zero-order valence-corrected chi connectivity index (χ0v) is 15.4. The van der Waals surface area contributed by atoms with Crippen LogP contribution in [0.2, 0.25) is 0 Å². The van der Waals surface area contributed by atoms with Crippen LogP contribution < -0.4 is 9.64 Å². The minimum absolute atomic E-state index is 0.0830. The molecule has 0 N–H and O–H groups in total. The molecule has 0 bridgehead atoms. The first-order valence-corrected chi connectivity index (χ1v) is 8.98. The van der Waals surface area contributed by atoms with Crippen LogP contribution in [-0.2, 0) is 4.79 Å². The summed E-state index contributed by atoms with van der Waals surface area (Å²) in [5.41, 5.74) is 1.29. The first kappa shape index (κ1) is 17.7. The average Bonchev–Trinajstić information content (AvgIpc) is 3.20. The fourth-order valence-corrected chi connectivity index (χ4v) is 3.24. The number of nitrogens with zero attached hydrogens (tertiary/aromatic N) is 7. The summed E-state index contributed by atoms with van der Waals surface area (Å²) in [6, 6.07) is 10.9. The van der Waals surface area contributed by atoms with E-state index < -0.39 is 0 Å². The summed E-state index contributed by atoms with van der Waals surface area (Å²) in [7, 11) is 0. The first-order chi connectivity index (χ1) is 13.7. The molecule has 28 heavy (non-hydrogen) atoms. The number of fused-ring (bicyclic) bond motifs is 1. The molecule has 1 aliphatic heterocycles. The van der Waals surface area contributed by atoms with Gasteiger partial charge in [-0.15, -0.1) is 0 Å². The molecule has 0 radical (unpaired) electrons. The topological polar surface area (TPSA) is 99.7 Å². The van der Waals surface area contributed by atoms with Crippen molar-refractivity contribution in [2.75, 3.05) is 37.7 Å². The third kappa shape index (κ3) is 3.44. The van der Waals surface area contributed by atoms with Gasteiger partial charge in [0, 0.05) is 37.9 Å². The lowest BCUT2D eigenvalue weighted by molar-refractivity contribution is -0.133. The van der Waals surface area contributed by atoms with E-state index >= 15 is 0 Å². The number of carbonyl (C=O) groups excluding carboxylic acids is 1. The maximum Gasteiger partial charge on any atom is 0.260 e. The molecule has 0 unspecified atom stereocenters. The maximum atomic E-state index is 12.5. The second kappa shape index (κ2) is 7.52. The monoisotopic (exact) mass is 377 g/mol. The molecule has 0 atom stereocenters. The number of anilines is 1. The molecule has 142 valence electrons. The fraction of sp³-hybridized carbons (Fsp3) is 0.316. The van der Waals surface area contributed by atoms with Crippen LogP contribution in [0.15, 0.2) is 36.7 Å². The summed E-state index contributed by atoms with van der Waals surface area (Å²) in [6.45, 7) is 4.37. The van der Waals surface area contributed by atoms with Crippen LogP contribution in [0.1, 0.15) is 11.3 Å². The number of ether oxygens (including phenoxy) is 1. The Morgan fingerprint density at radius 3 is 2.82 bits per heavy atom. The Labute approximate surface area is 161 Å². The summed E-state index contributed by atoms with van der Waals surface area (Å²) < 4.78 is 7.27. The van der Waals surface area contributed by atoms with Crippen LogP contribution in [-0.4, -0.2) is 63.2 Å². The number of aryl methyl sites for hydroxylation is 1. The van der Waals surface area contributed by atoms with Gasteiger partial charge >= 0.3 is 0 Å². The van der Waals surface area contributed by atoms with Gasteiger partial charge < -0.3 is 14.5 Å². The smallest absolute Gasteiger partial charge is 0.260 e. The van der Waals surface area contributed by atoms with Crippen molar-refractivity contribution in [2.24, 2.45) is 0 Å². The van der Waals surface area contributed by atoms with Gasteiger partial charge in [0.15, 0.2) is 6.61 Å². The number of benzene rings is 1. The van der Waals surface area contributed by atoms with Crippen LogP contribution >= 0.6 is 0 Å². The lowest BCUT2D eigenvalue weighted by Gasteiger charge is -2.35. The number of amides is 1. The van der Waals surface area contributed by atoms with E-state index in [1.807, 2.05) is 13.0 Å². The highest BCUT2D eigenvalue weighted by molar-refractivity contribution is 5.78. The zero-order chi connectivity index (χ0) is 19.5. The van der Waals surface area contributed by atoms with E-state index in [0.29, 0.717) is 43.3 Å². The van der Waals surface area contributed by atoms with E-state index in [9.17, 15) is 4.79 Å². The van der Waals surface area contributed by atoms with Crippen molar-refractivity contribution < 1.29 is 9.53 Å². The Kier molecular flexibility index (Phi) is 4.76. The van der Waals surface area contributed by atoms with E-state index in [4.69, 9.17) is 10.00 Å². The van der Waals surface area contributed by atoms with Crippen LogP contribution in [0.25, 0.3) is 5.78 Å². The lowest BCUT2D eigenvalue weighted by atomic mass is 10.2. The number of nitriles is 1. The van der Waals surface area contributed by atoms with Crippen molar-refractivity contribution in [3.8, 4) is 11.8 Å². The van der Waals surface area contributed by atoms with Crippen LogP contribution in [0.5, 0.6) is 5.75 Å². The van der Waals surface area contributed by atoms with Gasteiger partial charge in [0.25, 0.3) is 11.7 Å². The van der Waals surface area contributed by atoms with Crippen molar-refractivity contribution in [2.45, 2.75) is 6.92 Å². The van der Waals surface area contributed by atoms with Gasteiger partial charge in [-0.25, -0.2) is 4.98 Å². The Hall–Kier alpha value is -3.67. The largest absolute Gasteiger partial charge is 0.482 e. The van der Waals surface area contributed by atoms with Crippen molar-refractivity contribution in [3.63, 3.8) is 0 Å². The molecule has 1 saturated heterocycles. The van der Waals surface area contributed by atoms with Crippen LogP contribution in [0.4, 0.5) is 5.82 Å². The Morgan fingerprint density at radius 1 is 1.25 bits per heavy atom. The molecule has 1 aromatic carbocycles. The van der Waals surface area contributed by atoms with Crippen LogP contribution in [0, 0.1) is 18.3 Å². The SMILES string of the molecule is Cc1cc(N2CCN(C(=O)COc3ccccc3C#N)CC2)n2ncnc2n1. The number of hydrogen-bond donors (Lipinski definition) is 0. The predicted molar refractivity (Wildman–Crippen MR) is 101 cm³/mol. The average molecular weight is 377 g/mol. The second-order valence-electron chi connectivity index (χ2n) is 6.49. The summed E-state index contributed by atoms with van der Waals surface area (Å²) >= 11 is 0. The van der Waals surface area contributed by atoms with Crippen molar-refractivity contribution in [1.29, 1.82) is 5.26 Å². The van der Waals surface area contributed by atoms with Crippen LogP contribution in [0.3, 0.4) is 0 Å². The molecule has 1 fully saturated rings. The Bertz CT molecular complexity index is 1050. The van der Waals surface area contributed by atoms with E-state index in [2.05, 4.69) is 26.0 Å².